The molecule has 112 valence electrons. The highest BCUT2D eigenvalue weighted by atomic mass is 19.3. The normalized spacial score (nSPS) is 10.7. The van der Waals surface area contributed by atoms with Crippen LogP contribution >= 0.6 is 0 Å². The Hall–Kier alpha value is -2.44. The van der Waals surface area contributed by atoms with Crippen molar-refractivity contribution in [1.82, 2.24) is 4.98 Å². The highest BCUT2D eigenvalue weighted by Gasteiger charge is 2.10. The molecule has 0 radical (unpaired) electrons. The van der Waals surface area contributed by atoms with Crippen LogP contribution in [-0.2, 0) is 16.0 Å². The number of hydrogen-bond acceptors (Lipinski definition) is 5. The molecule has 0 N–H and O–H groups in total. The second-order valence-electron chi connectivity index (χ2n) is 4.12. The van der Waals surface area contributed by atoms with Crippen LogP contribution in [0.15, 0.2) is 34.9 Å². The molecule has 0 saturated carbocycles. The number of alkyl halides is 2. The van der Waals surface area contributed by atoms with Crippen LogP contribution in [-0.4, -0.2) is 24.7 Å². The van der Waals surface area contributed by atoms with Crippen molar-refractivity contribution in [1.29, 1.82) is 0 Å². The minimum atomic E-state index is -2.86. The highest BCUT2D eigenvalue weighted by molar-refractivity contribution is 5.69. The largest absolute Gasteiger partial charge is 0.469 e. The summed E-state index contributed by atoms with van der Waals surface area (Å²) in [6.07, 6.45) is 2.06. The quantitative estimate of drug-likeness (QED) is 0.767. The molecule has 0 atom stereocenters. The average molecular weight is 297 g/mol. The monoisotopic (exact) mass is 297 g/mol. The van der Waals surface area contributed by atoms with E-state index in [1.807, 2.05) is 0 Å². The number of ether oxygens (including phenoxy) is 2. The van der Waals surface area contributed by atoms with E-state index < -0.39 is 6.61 Å². The van der Waals surface area contributed by atoms with Crippen LogP contribution in [0.4, 0.5) is 8.78 Å². The fourth-order valence-electron chi connectivity index (χ4n) is 1.67. The van der Waals surface area contributed by atoms with Gasteiger partial charge >= 0.3 is 12.6 Å². The van der Waals surface area contributed by atoms with Crippen molar-refractivity contribution < 1.29 is 27.5 Å². The maximum Gasteiger partial charge on any atom is 0.387 e. The fourth-order valence-corrected chi connectivity index (χ4v) is 1.67. The number of aromatic nitrogens is 1. The van der Waals surface area contributed by atoms with E-state index in [4.69, 9.17) is 4.42 Å². The van der Waals surface area contributed by atoms with Crippen LogP contribution in [0.1, 0.15) is 12.1 Å². The molecule has 0 amide bonds. The molecule has 1 aromatic heterocycles. The summed E-state index contributed by atoms with van der Waals surface area (Å²) in [5.41, 5.74) is 1.24. The van der Waals surface area contributed by atoms with E-state index in [0.717, 1.165) is 0 Å². The Labute approximate surface area is 119 Å². The first-order valence-electron chi connectivity index (χ1n) is 6.15. The molecule has 0 aliphatic heterocycles. The summed E-state index contributed by atoms with van der Waals surface area (Å²) in [6.45, 7) is -2.86. The predicted octanol–water partition coefficient (Wildman–Crippen LogP) is 3.05. The number of methoxy groups -OCH3 is 1. The van der Waals surface area contributed by atoms with Gasteiger partial charge in [0.05, 0.1) is 19.2 Å². The number of esters is 1. The molecule has 1 aromatic carbocycles. The lowest BCUT2D eigenvalue weighted by Crippen LogP contribution is -2.02. The maximum atomic E-state index is 12.0. The van der Waals surface area contributed by atoms with Gasteiger partial charge in [0.25, 0.3) is 0 Å². The second kappa shape index (κ2) is 6.83. The number of halogens is 2. The summed E-state index contributed by atoms with van der Waals surface area (Å²) in [6, 6.07) is 5.93. The van der Waals surface area contributed by atoms with Crippen molar-refractivity contribution in [3.8, 4) is 17.2 Å². The lowest BCUT2D eigenvalue weighted by molar-refractivity contribution is -0.140. The first-order valence-corrected chi connectivity index (χ1v) is 6.15. The highest BCUT2D eigenvalue weighted by Crippen LogP contribution is 2.23. The summed E-state index contributed by atoms with van der Waals surface area (Å²) < 4.78 is 38.1. The average Bonchev–Trinajstić information content (AvgIpc) is 2.94. The van der Waals surface area contributed by atoms with Gasteiger partial charge in [0.15, 0.2) is 0 Å². The molecule has 5 nitrogen and oxygen atoms in total. The van der Waals surface area contributed by atoms with Crippen LogP contribution in [0.2, 0.25) is 0 Å². The van der Waals surface area contributed by atoms with Crippen molar-refractivity contribution in [2.45, 2.75) is 19.5 Å². The Morgan fingerprint density at radius 1 is 1.33 bits per heavy atom. The fraction of sp³-hybridized carbons (Fsp3) is 0.286. The van der Waals surface area contributed by atoms with Gasteiger partial charge in [0.1, 0.15) is 12.0 Å². The Balaban J connectivity index is 2.02. The number of nitrogens with zero attached hydrogens (tertiary/aromatic N) is 1. The SMILES string of the molecule is COC(=O)CCc1coc(-c2ccc(OC(F)F)cc2)n1. The van der Waals surface area contributed by atoms with E-state index in [1.165, 1.54) is 25.5 Å². The van der Waals surface area contributed by atoms with Gasteiger partial charge < -0.3 is 13.9 Å². The molecule has 7 heteroatoms. The summed E-state index contributed by atoms with van der Waals surface area (Å²) in [5, 5.41) is 0. The van der Waals surface area contributed by atoms with Crippen LogP contribution in [0.25, 0.3) is 11.5 Å². The summed E-state index contributed by atoms with van der Waals surface area (Å²) in [7, 11) is 1.32. The summed E-state index contributed by atoms with van der Waals surface area (Å²) in [4.78, 5) is 15.2. The zero-order valence-electron chi connectivity index (χ0n) is 11.2. The topological polar surface area (TPSA) is 61.6 Å². The summed E-state index contributed by atoms with van der Waals surface area (Å²) >= 11 is 0. The molecule has 2 rings (SSSR count). The van der Waals surface area contributed by atoms with Crippen molar-refractivity contribution >= 4 is 5.97 Å². The number of aryl methyl sites for hydroxylation is 1. The van der Waals surface area contributed by atoms with E-state index in [1.54, 1.807) is 12.1 Å². The van der Waals surface area contributed by atoms with Crippen LogP contribution in [0, 0.1) is 0 Å². The first kappa shape index (κ1) is 15.0. The van der Waals surface area contributed by atoms with E-state index in [-0.39, 0.29) is 18.1 Å². The molecule has 0 bridgehead atoms. The van der Waals surface area contributed by atoms with Gasteiger partial charge in [0.2, 0.25) is 5.89 Å². The van der Waals surface area contributed by atoms with Gasteiger partial charge in [-0.2, -0.15) is 8.78 Å². The second-order valence-corrected chi connectivity index (χ2v) is 4.12. The lowest BCUT2D eigenvalue weighted by Gasteiger charge is -2.03. The molecule has 0 spiro atoms. The minimum absolute atomic E-state index is 0.0613. The Kier molecular flexibility index (Phi) is 4.86. The third-order valence-electron chi connectivity index (χ3n) is 2.69. The van der Waals surface area contributed by atoms with Crippen LogP contribution in [0.3, 0.4) is 0 Å². The number of carbonyl (C=O) groups is 1. The van der Waals surface area contributed by atoms with Gasteiger partial charge in [-0.05, 0) is 24.3 Å². The van der Waals surface area contributed by atoms with Crippen molar-refractivity contribution in [3.05, 3.63) is 36.2 Å². The van der Waals surface area contributed by atoms with Crippen LogP contribution < -0.4 is 4.74 Å². The molecular formula is C14H13F2NO4. The van der Waals surface area contributed by atoms with Crippen LogP contribution in [0.5, 0.6) is 5.75 Å². The van der Waals surface area contributed by atoms with Crippen molar-refractivity contribution in [3.63, 3.8) is 0 Å². The van der Waals surface area contributed by atoms with E-state index in [0.29, 0.717) is 23.6 Å². The number of carbonyl (C=O) groups excluding carboxylic acids is 1. The molecular weight excluding hydrogens is 284 g/mol. The van der Waals surface area contributed by atoms with Crippen molar-refractivity contribution in [2.24, 2.45) is 0 Å². The Bertz CT molecular complexity index is 595. The van der Waals surface area contributed by atoms with E-state index in [2.05, 4.69) is 14.5 Å². The Morgan fingerprint density at radius 2 is 2.05 bits per heavy atom. The molecule has 0 aliphatic rings. The van der Waals surface area contributed by atoms with Gasteiger partial charge in [-0.3, -0.25) is 4.79 Å². The first-order chi connectivity index (χ1) is 10.1. The smallest absolute Gasteiger partial charge is 0.387 e. The zero-order valence-corrected chi connectivity index (χ0v) is 11.2. The minimum Gasteiger partial charge on any atom is -0.469 e. The summed E-state index contributed by atoms with van der Waals surface area (Å²) in [5.74, 6) is 0.0812. The lowest BCUT2D eigenvalue weighted by atomic mass is 10.2. The van der Waals surface area contributed by atoms with Gasteiger partial charge in [-0.15, -0.1) is 0 Å². The molecule has 1 heterocycles. The molecule has 0 aliphatic carbocycles. The van der Waals surface area contributed by atoms with Gasteiger partial charge in [0, 0.05) is 12.0 Å². The third kappa shape index (κ3) is 4.27. The van der Waals surface area contributed by atoms with E-state index >= 15 is 0 Å². The molecule has 2 aromatic rings. The molecule has 0 unspecified atom stereocenters. The van der Waals surface area contributed by atoms with Gasteiger partial charge in [-0.25, -0.2) is 4.98 Å². The molecule has 0 fully saturated rings. The third-order valence-corrected chi connectivity index (χ3v) is 2.69. The predicted molar refractivity (Wildman–Crippen MR) is 68.9 cm³/mol. The number of rotatable bonds is 6. The van der Waals surface area contributed by atoms with Gasteiger partial charge in [-0.1, -0.05) is 0 Å². The number of hydrogen-bond donors (Lipinski definition) is 0. The number of benzene rings is 1. The number of oxazole rings is 1. The standard InChI is InChI=1S/C14H13F2NO4/c1-19-12(18)7-4-10-8-20-13(17-10)9-2-5-11(6-3-9)21-14(15)16/h2-3,5-6,8,14H,4,7H2,1H3. The molecule has 21 heavy (non-hydrogen) atoms. The van der Waals surface area contributed by atoms with E-state index in [9.17, 15) is 13.6 Å². The zero-order chi connectivity index (χ0) is 15.2. The molecule has 0 saturated heterocycles. The van der Waals surface area contributed by atoms with Crippen molar-refractivity contribution in [2.75, 3.05) is 7.11 Å². The Morgan fingerprint density at radius 3 is 2.67 bits per heavy atom. The maximum absolute atomic E-state index is 12.0.